The van der Waals surface area contributed by atoms with E-state index in [-0.39, 0.29) is 0 Å². The average molecular weight is 215 g/mol. The Morgan fingerprint density at radius 3 is 2.71 bits per heavy atom. The van der Waals surface area contributed by atoms with Crippen LogP contribution in [0.1, 0.15) is 19.5 Å². The second kappa shape index (κ2) is 4.05. The molecule has 0 saturated carbocycles. The van der Waals surface area contributed by atoms with E-state index in [0.717, 1.165) is 0 Å². The lowest BCUT2D eigenvalue weighted by Crippen LogP contribution is -2.22. The molecule has 0 unspecified atom stereocenters. The van der Waals surface area contributed by atoms with Crippen LogP contribution in [0.4, 0.5) is 4.39 Å². The number of halogens is 2. The molecule has 0 aliphatic rings. The van der Waals surface area contributed by atoms with Crippen LogP contribution >= 0.6 is 11.6 Å². The summed E-state index contributed by atoms with van der Waals surface area (Å²) in [6.45, 7) is 3.69. The molecular formula is C10H12ClFN2. The maximum atomic E-state index is 13.5. The lowest BCUT2D eigenvalue weighted by atomic mass is 9.90. The molecule has 0 spiro atoms. The molecule has 1 rings (SSSR count). The Kier molecular flexibility index (Phi) is 3.21. The lowest BCUT2D eigenvalue weighted by Gasteiger charge is -2.18. The maximum Gasteiger partial charge on any atom is 0.147 e. The highest BCUT2D eigenvalue weighted by molar-refractivity contribution is 6.30. The Morgan fingerprint density at radius 2 is 2.21 bits per heavy atom. The molecule has 1 aromatic heterocycles. The first-order chi connectivity index (χ1) is 6.47. The predicted molar refractivity (Wildman–Crippen MR) is 56.6 cm³/mol. The number of aromatic nitrogens is 1. The van der Waals surface area contributed by atoms with Crippen LogP contribution in [0.15, 0.2) is 17.3 Å². The number of nitrogens with zero attached hydrogens (tertiary/aromatic N) is 2. The van der Waals surface area contributed by atoms with Crippen molar-refractivity contribution >= 4 is 17.8 Å². The average Bonchev–Trinajstić information content (AvgIpc) is 2.02. The SMILES string of the molecule is C/N=C/C(C)(C)c1ncc(Cl)cc1F. The van der Waals surface area contributed by atoms with Crippen LogP contribution in [-0.4, -0.2) is 18.2 Å². The minimum absolute atomic E-state index is 0.301. The molecule has 76 valence electrons. The third-order valence-electron chi connectivity index (χ3n) is 1.87. The maximum absolute atomic E-state index is 13.5. The van der Waals surface area contributed by atoms with E-state index in [1.165, 1.54) is 12.3 Å². The molecule has 0 aliphatic heterocycles. The third-order valence-corrected chi connectivity index (χ3v) is 2.08. The summed E-state index contributed by atoms with van der Waals surface area (Å²) in [5, 5.41) is 0.301. The predicted octanol–water partition coefficient (Wildman–Crippen LogP) is 2.85. The summed E-state index contributed by atoms with van der Waals surface area (Å²) in [7, 11) is 1.65. The van der Waals surface area contributed by atoms with Gasteiger partial charge in [-0.15, -0.1) is 0 Å². The zero-order valence-electron chi connectivity index (χ0n) is 8.38. The Labute approximate surface area is 87.8 Å². The number of rotatable bonds is 2. The summed E-state index contributed by atoms with van der Waals surface area (Å²) >= 11 is 5.61. The Bertz CT molecular complexity index is 361. The first-order valence-electron chi connectivity index (χ1n) is 4.22. The normalized spacial score (nSPS) is 12.4. The van der Waals surface area contributed by atoms with Crippen LogP contribution in [0, 0.1) is 5.82 Å². The van der Waals surface area contributed by atoms with Gasteiger partial charge in [-0.25, -0.2) is 4.39 Å². The number of hydrogen-bond acceptors (Lipinski definition) is 2. The van der Waals surface area contributed by atoms with Gasteiger partial charge < -0.3 is 0 Å². The van der Waals surface area contributed by atoms with E-state index in [4.69, 9.17) is 11.6 Å². The highest BCUT2D eigenvalue weighted by Crippen LogP contribution is 2.23. The minimum atomic E-state index is -0.510. The summed E-state index contributed by atoms with van der Waals surface area (Å²) in [5.74, 6) is -0.401. The summed E-state index contributed by atoms with van der Waals surface area (Å²) < 4.78 is 13.5. The van der Waals surface area contributed by atoms with Crippen LogP contribution in [0.5, 0.6) is 0 Å². The molecule has 0 aromatic carbocycles. The van der Waals surface area contributed by atoms with E-state index in [2.05, 4.69) is 9.98 Å². The van der Waals surface area contributed by atoms with Crippen molar-refractivity contribution in [3.63, 3.8) is 0 Å². The molecule has 2 nitrogen and oxygen atoms in total. The molecule has 0 N–H and O–H groups in total. The molecule has 14 heavy (non-hydrogen) atoms. The van der Waals surface area contributed by atoms with Crippen molar-refractivity contribution in [3.05, 3.63) is 28.8 Å². The molecule has 4 heteroatoms. The van der Waals surface area contributed by atoms with Gasteiger partial charge in [-0.2, -0.15) is 0 Å². The molecule has 0 amide bonds. The first kappa shape index (κ1) is 11.1. The van der Waals surface area contributed by atoms with Gasteiger partial charge >= 0.3 is 0 Å². The van der Waals surface area contributed by atoms with Gasteiger partial charge in [-0.3, -0.25) is 9.98 Å². The second-order valence-electron chi connectivity index (χ2n) is 3.59. The smallest absolute Gasteiger partial charge is 0.147 e. The largest absolute Gasteiger partial charge is 0.300 e. The van der Waals surface area contributed by atoms with Gasteiger partial charge in [-0.05, 0) is 19.9 Å². The molecule has 0 fully saturated rings. The highest BCUT2D eigenvalue weighted by atomic mass is 35.5. The molecule has 1 heterocycles. The van der Waals surface area contributed by atoms with E-state index in [9.17, 15) is 4.39 Å². The summed E-state index contributed by atoms with van der Waals surface area (Å²) in [5.41, 5.74) is -0.156. The van der Waals surface area contributed by atoms with Crippen LogP contribution in [0.2, 0.25) is 5.02 Å². The molecular weight excluding hydrogens is 203 g/mol. The Balaban J connectivity index is 3.19. The number of aliphatic imine (C=N–C) groups is 1. The first-order valence-corrected chi connectivity index (χ1v) is 4.60. The van der Waals surface area contributed by atoms with E-state index >= 15 is 0 Å². The molecule has 0 aliphatic carbocycles. The third kappa shape index (κ3) is 2.29. The minimum Gasteiger partial charge on any atom is -0.300 e. The van der Waals surface area contributed by atoms with Crippen molar-refractivity contribution in [2.24, 2.45) is 4.99 Å². The fourth-order valence-corrected chi connectivity index (χ4v) is 1.42. The summed E-state index contributed by atoms with van der Waals surface area (Å²) in [4.78, 5) is 7.85. The molecule has 0 radical (unpaired) electrons. The van der Waals surface area contributed by atoms with Gasteiger partial charge in [-0.1, -0.05) is 11.6 Å². The molecule has 0 atom stereocenters. The standard InChI is InChI=1S/C10H12ClFN2/c1-10(2,6-13-3)9-8(12)4-7(11)5-14-9/h4-6H,1-3H3/b13-6+. The molecule has 0 saturated heterocycles. The zero-order valence-corrected chi connectivity index (χ0v) is 9.14. The molecule has 0 bridgehead atoms. The quantitative estimate of drug-likeness (QED) is 0.695. The van der Waals surface area contributed by atoms with Crippen LogP contribution in [0.25, 0.3) is 0 Å². The fourth-order valence-electron chi connectivity index (χ4n) is 1.27. The van der Waals surface area contributed by atoms with Gasteiger partial charge in [0.05, 0.1) is 10.7 Å². The van der Waals surface area contributed by atoms with Crippen molar-refractivity contribution in [3.8, 4) is 0 Å². The Hall–Kier alpha value is -0.960. The van der Waals surface area contributed by atoms with Crippen molar-refractivity contribution in [2.45, 2.75) is 19.3 Å². The van der Waals surface area contributed by atoms with Gasteiger partial charge in [0.1, 0.15) is 5.82 Å². The highest BCUT2D eigenvalue weighted by Gasteiger charge is 2.23. The van der Waals surface area contributed by atoms with Crippen LogP contribution in [0.3, 0.4) is 0 Å². The van der Waals surface area contributed by atoms with E-state index in [1.54, 1.807) is 13.3 Å². The van der Waals surface area contributed by atoms with Crippen molar-refractivity contribution < 1.29 is 4.39 Å². The zero-order chi connectivity index (χ0) is 10.8. The van der Waals surface area contributed by atoms with E-state index in [0.29, 0.717) is 10.7 Å². The number of pyridine rings is 1. The van der Waals surface area contributed by atoms with Gasteiger partial charge in [0.25, 0.3) is 0 Å². The van der Waals surface area contributed by atoms with Gasteiger partial charge in [0.2, 0.25) is 0 Å². The van der Waals surface area contributed by atoms with Crippen molar-refractivity contribution in [2.75, 3.05) is 7.05 Å². The lowest BCUT2D eigenvalue weighted by molar-refractivity contribution is 0.560. The fraction of sp³-hybridized carbons (Fsp3) is 0.400. The van der Waals surface area contributed by atoms with E-state index in [1.807, 2.05) is 13.8 Å². The van der Waals surface area contributed by atoms with Gasteiger partial charge in [0, 0.05) is 24.9 Å². The second-order valence-corrected chi connectivity index (χ2v) is 4.03. The van der Waals surface area contributed by atoms with Crippen LogP contribution < -0.4 is 0 Å². The number of hydrogen-bond donors (Lipinski definition) is 0. The van der Waals surface area contributed by atoms with E-state index < -0.39 is 11.2 Å². The van der Waals surface area contributed by atoms with Gasteiger partial charge in [0.15, 0.2) is 0 Å². The van der Waals surface area contributed by atoms with Crippen LogP contribution in [-0.2, 0) is 5.41 Å². The van der Waals surface area contributed by atoms with Crippen molar-refractivity contribution in [1.29, 1.82) is 0 Å². The summed E-state index contributed by atoms with van der Waals surface area (Å²) in [6, 6.07) is 1.26. The van der Waals surface area contributed by atoms with Crippen molar-refractivity contribution in [1.82, 2.24) is 4.98 Å². The Morgan fingerprint density at radius 1 is 1.57 bits per heavy atom. The monoisotopic (exact) mass is 214 g/mol. The summed E-state index contributed by atoms with van der Waals surface area (Å²) in [6.07, 6.45) is 3.09. The topological polar surface area (TPSA) is 25.2 Å². The molecule has 1 aromatic rings.